The molecule has 1 unspecified atom stereocenters. The van der Waals surface area contributed by atoms with Crippen LogP contribution in [0.3, 0.4) is 0 Å². The predicted molar refractivity (Wildman–Crippen MR) is 86.0 cm³/mol. The highest BCUT2D eigenvalue weighted by Crippen LogP contribution is 2.28. The fourth-order valence-electron chi connectivity index (χ4n) is 2.67. The molecule has 0 fully saturated rings. The first-order chi connectivity index (χ1) is 10.8. The number of ether oxygens (including phenoxy) is 2. The first-order valence-corrected chi connectivity index (χ1v) is 7.20. The number of hydrogen-bond donors (Lipinski definition) is 0. The maximum atomic E-state index is 11.5. The molecular weight excluding hydrogens is 278 g/mol. The summed E-state index contributed by atoms with van der Waals surface area (Å²) in [6, 6.07) is 13.4. The van der Waals surface area contributed by atoms with Gasteiger partial charge in [0, 0.05) is 35.6 Å². The van der Waals surface area contributed by atoms with Gasteiger partial charge in [0.1, 0.15) is 0 Å². The third kappa shape index (κ3) is 2.47. The average Bonchev–Trinajstić information content (AvgIpc) is 2.57. The van der Waals surface area contributed by atoms with Crippen LogP contribution in [0.15, 0.2) is 42.5 Å². The highest BCUT2D eigenvalue weighted by molar-refractivity contribution is 6.09. The number of fused-ring (bicyclic) bond motifs is 2. The summed E-state index contributed by atoms with van der Waals surface area (Å²) in [6.07, 6.45) is 0.463. The van der Waals surface area contributed by atoms with Gasteiger partial charge in [-0.3, -0.25) is 4.79 Å². The highest BCUT2D eigenvalue weighted by Gasteiger charge is 2.13. The van der Waals surface area contributed by atoms with E-state index in [0.717, 1.165) is 33.7 Å². The van der Waals surface area contributed by atoms with Crippen molar-refractivity contribution in [3.63, 3.8) is 0 Å². The van der Waals surface area contributed by atoms with Crippen molar-refractivity contribution in [3.05, 3.63) is 53.6 Å². The van der Waals surface area contributed by atoms with Crippen molar-refractivity contribution in [1.82, 2.24) is 4.98 Å². The van der Waals surface area contributed by atoms with E-state index in [0.29, 0.717) is 12.2 Å². The van der Waals surface area contributed by atoms with Crippen molar-refractivity contribution < 1.29 is 14.3 Å². The van der Waals surface area contributed by atoms with Crippen LogP contribution in [0, 0.1) is 0 Å². The molecule has 2 aromatic carbocycles. The van der Waals surface area contributed by atoms with Crippen molar-refractivity contribution in [3.8, 4) is 0 Å². The molecule has 4 nitrogen and oxygen atoms in total. The van der Waals surface area contributed by atoms with Crippen molar-refractivity contribution in [2.45, 2.75) is 13.2 Å². The van der Waals surface area contributed by atoms with E-state index in [9.17, 15) is 4.79 Å². The van der Waals surface area contributed by atoms with Crippen LogP contribution >= 0.6 is 0 Å². The second-order valence-corrected chi connectivity index (χ2v) is 4.96. The normalized spacial score (nSPS) is 12.6. The lowest BCUT2D eigenvalue weighted by Gasteiger charge is -2.16. The van der Waals surface area contributed by atoms with Crippen LogP contribution in [0.25, 0.3) is 21.8 Å². The smallest absolute Gasteiger partial charge is 0.183 e. The van der Waals surface area contributed by atoms with Gasteiger partial charge in [-0.2, -0.15) is 0 Å². The molecule has 3 rings (SSSR count). The number of pyridine rings is 1. The van der Waals surface area contributed by atoms with Crippen LogP contribution in [0.4, 0.5) is 0 Å². The van der Waals surface area contributed by atoms with Gasteiger partial charge in [-0.15, -0.1) is 0 Å². The van der Waals surface area contributed by atoms with Gasteiger partial charge in [0.2, 0.25) is 0 Å². The van der Waals surface area contributed by atoms with Gasteiger partial charge in [0.25, 0.3) is 0 Å². The summed E-state index contributed by atoms with van der Waals surface area (Å²) in [6.45, 7) is 2.48. The summed E-state index contributed by atoms with van der Waals surface area (Å²) in [5, 5.41) is 1.70. The molecule has 112 valence electrons. The molecule has 0 amide bonds. The van der Waals surface area contributed by atoms with E-state index in [1.807, 2.05) is 49.4 Å². The number of rotatable bonds is 5. The monoisotopic (exact) mass is 295 g/mol. The minimum atomic E-state index is -0.428. The number of aromatic nitrogens is 1. The van der Waals surface area contributed by atoms with Crippen molar-refractivity contribution in [1.29, 1.82) is 0 Å². The van der Waals surface area contributed by atoms with Crippen LogP contribution in [-0.2, 0) is 9.47 Å². The Bertz CT molecular complexity index is 829. The quantitative estimate of drug-likeness (QED) is 0.407. The van der Waals surface area contributed by atoms with E-state index in [-0.39, 0.29) is 0 Å². The molecule has 0 saturated heterocycles. The summed E-state index contributed by atoms with van der Waals surface area (Å²) in [5.41, 5.74) is 3.12. The van der Waals surface area contributed by atoms with Crippen molar-refractivity contribution in [2.75, 3.05) is 13.7 Å². The topological polar surface area (TPSA) is 48.4 Å². The lowest BCUT2D eigenvalue weighted by Crippen LogP contribution is -2.06. The summed E-state index contributed by atoms with van der Waals surface area (Å²) >= 11 is 0. The zero-order valence-corrected chi connectivity index (χ0v) is 12.6. The van der Waals surface area contributed by atoms with Crippen molar-refractivity contribution >= 4 is 28.1 Å². The zero-order valence-electron chi connectivity index (χ0n) is 12.6. The highest BCUT2D eigenvalue weighted by atomic mass is 16.7. The second-order valence-electron chi connectivity index (χ2n) is 4.96. The van der Waals surface area contributed by atoms with E-state index in [2.05, 4.69) is 4.98 Å². The van der Waals surface area contributed by atoms with Crippen LogP contribution < -0.4 is 0 Å². The Morgan fingerprint density at radius 2 is 1.91 bits per heavy atom. The second kappa shape index (κ2) is 6.22. The molecular formula is C18H17NO3. The van der Waals surface area contributed by atoms with E-state index < -0.39 is 6.29 Å². The summed E-state index contributed by atoms with van der Waals surface area (Å²) < 4.78 is 10.9. The third-order valence-electron chi connectivity index (χ3n) is 3.67. The van der Waals surface area contributed by atoms with Gasteiger partial charge in [0.05, 0.1) is 11.0 Å². The minimum Gasteiger partial charge on any atom is -0.352 e. The number of hydrogen-bond acceptors (Lipinski definition) is 4. The first-order valence-electron chi connectivity index (χ1n) is 7.20. The van der Waals surface area contributed by atoms with E-state index in [1.54, 1.807) is 7.11 Å². The SMILES string of the molecule is CCOC(OC)c1ccc2c(C=O)c3ccccc3nc2c1. The minimum absolute atomic E-state index is 0.428. The Hall–Kier alpha value is -2.30. The molecule has 0 radical (unpaired) electrons. The fourth-order valence-corrected chi connectivity index (χ4v) is 2.67. The molecule has 4 heteroatoms. The zero-order chi connectivity index (χ0) is 15.5. The number of para-hydroxylation sites is 1. The molecule has 0 aliphatic heterocycles. The van der Waals surface area contributed by atoms with Crippen molar-refractivity contribution in [2.24, 2.45) is 0 Å². The standard InChI is InChI=1S/C18H17NO3/c1-3-22-18(21-2)12-8-9-14-15(11-20)13-6-4-5-7-16(13)19-17(14)10-12/h4-11,18H,3H2,1-2H3. The molecule has 0 aliphatic carbocycles. The summed E-state index contributed by atoms with van der Waals surface area (Å²) in [4.78, 5) is 16.2. The molecule has 0 N–H and O–H groups in total. The molecule has 0 bridgehead atoms. The number of methoxy groups -OCH3 is 1. The van der Waals surface area contributed by atoms with Crippen LogP contribution in [-0.4, -0.2) is 25.0 Å². The third-order valence-corrected chi connectivity index (χ3v) is 3.67. The molecule has 3 aromatic rings. The lowest BCUT2D eigenvalue weighted by atomic mass is 10.0. The summed E-state index contributed by atoms with van der Waals surface area (Å²) in [5.74, 6) is 0. The molecule has 0 aliphatic rings. The van der Waals surface area contributed by atoms with Gasteiger partial charge in [-0.25, -0.2) is 4.98 Å². The first kappa shape index (κ1) is 14.6. The molecule has 1 atom stereocenters. The lowest BCUT2D eigenvalue weighted by molar-refractivity contribution is -0.123. The Balaban J connectivity index is 2.24. The Labute approximate surface area is 128 Å². The Morgan fingerprint density at radius 3 is 2.64 bits per heavy atom. The predicted octanol–water partition coefficient (Wildman–Crippen LogP) is 3.88. The van der Waals surface area contributed by atoms with Gasteiger partial charge in [0.15, 0.2) is 12.6 Å². The van der Waals surface area contributed by atoms with Crippen LogP contribution in [0.1, 0.15) is 29.1 Å². The maximum Gasteiger partial charge on any atom is 0.183 e. The number of aldehydes is 1. The molecule has 0 spiro atoms. The Morgan fingerprint density at radius 1 is 1.14 bits per heavy atom. The number of nitrogens with zero attached hydrogens (tertiary/aromatic N) is 1. The fraction of sp³-hybridized carbons (Fsp3) is 0.222. The van der Waals surface area contributed by atoms with Crippen LogP contribution in [0.2, 0.25) is 0 Å². The molecule has 22 heavy (non-hydrogen) atoms. The van der Waals surface area contributed by atoms with Gasteiger partial charge < -0.3 is 9.47 Å². The maximum absolute atomic E-state index is 11.5. The van der Waals surface area contributed by atoms with E-state index in [1.165, 1.54) is 0 Å². The Kier molecular flexibility index (Phi) is 4.13. The largest absolute Gasteiger partial charge is 0.352 e. The van der Waals surface area contributed by atoms with Gasteiger partial charge in [-0.1, -0.05) is 30.3 Å². The number of carbonyl (C=O) groups excluding carboxylic acids is 1. The molecule has 1 aromatic heterocycles. The van der Waals surface area contributed by atoms with Gasteiger partial charge >= 0.3 is 0 Å². The van der Waals surface area contributed by atoms with Crippen LogP contribution in [0.5, 0.6) is 0 Å². The van der Waals surface area contributed by atoms with E-state index >= 15 is 0 Å². The summed E-state index contributed by atoms with van der Waals surface area (Å²) in [7, 11) is 1.61. The van der Waals surface area contributed by atoms with E-state index in [4.69, 9.17) is 9.47 Å². The number of benzene rings is 2. The number of carbonyl (C=O) groups is 1. The molecule has 1 heterocycles. The van der Waals surface area contributed by atoms with Gasteiger partial charge in [-0.05, 0) is 19.1 Å². The molecule has 0 saturated carbocycles. The average molecular weight is 295 g/mol.